The van der Waals surface area contributed by atoms with E-state index < -0.39 is 10.0 Å². The number of hydrogen-bond donors (Lipinski definition) is 2. The summed E-state index contributed by atoms with van der Waals surface area (Å²) in [7, 11) is -3.62. The van der Waals surface area contributed by atoms with Crippen molar-refractivity contribution in [1.82, 2.24) is 9.29 Å². The molecule has 0 unspecified atom stereocenters. The number of aryl methyl sites for hydroxylation is 3. The molecule has 1 aromatic carbocycles. The van der Waals surface area contributed by atoms with Gasteiger partial charge in [0.25, 0.3) is 5.91 Å². The van der Waals surface area contributed by atoms with Crippen molar-refractivity contribution in [2.45, 2.75) is 52.4 Å². The summed E-state index contributed by atoms with van der Waals surface area (Å²) in [6.07, 6.45) is 1.73. The van der Waals surface area contributed by atoms with E-state index in [1.165, 1.54) is 0 Å². The van der Waals surface area contributed by atoms with Crippen molar-refractivity contribution in [1.29, 1.82) is 0 Å². The molecule has 2 N–H and O–H groups in total. The third kappa shape index (κ3) is 3.86. The predicted octanol–water partition coefficient (Wildman–Crippen LogP) is 3.92. The molecule has 3 rings (SSSR count). The summed E-state index contributed by atoms with van der Waals surface area (Å²) in [5.74, 6) is 0.205. The molecule has 0 aliphatic carbocycles. The second-order valence-electron chi connectivity index (χ2n) is 7.92. The van der Waals surface area contributed by atoms with Gasteiger partial charge in [-0.2, -0.15) is 4.31 Å². The highest BCUT2D eigenvalue weighted by Crippen LogP contribution is 2.30. The maximum Gasteiger partial charge on any atom is 0.272 e. The van der Waals surface area contributed by atoms with Crippen molar-refractivity contribution in [3.63, 3.8) is 0 Å². The van der Waals surface area contributed by atoms with Gasteiger partial charge in [0.2, 0.25) is 10.0 Å². The lowest BCUT2D eigenvalue weighted by molar-refractivity contribution is 0.102. The van der Waals surface area contributed by atoms with E-state index in [9.17, 15) is 13.2 Å². The van der Waals surface area contributed by atoms with Crippen molar-refractivity contribution >= 4 is 21.6 Å². The topological polar surface area (TPSA) is 82.3 Å². The first kappa shape index (κ1) is 20.6. The Kier molecular flexibility index (Phi) is 5.68. The molecule has 152 valence electrons. The summed E-state index contributed by atoms with van der Waals surface area (Å²) >= 11 is 0. The summed E-state index contributed by atoms with van der Waals surface area (Å²) in [5, 5.41) is 2.87. The van der Waals surface area contributed by atoms with Gasteiger partial charge in [0.1, 0.15) is 10.6 Å². The van der Waals surface area contributed by atoms with Crippen LogP contribution in [0.15, 0.2) is 23.1 Å². The molecule has 28 heavy (non-hydrogen) atoms. The molecule has 0 saturated carbocycles. The van der Waals surface area contributed by atoms with Gasteiger partial charge in [0.05, 0.1) is 0 Å². The van der Waals surface area contributed by atoms with E-state index in [1.807, 2.05) is 32.0 Å². The third-order valence-corrected chi connectivity index (χ3v) is 7.87. The van der Waals surface area contributed by atoms with Gasteiger partial charge in [-0.05, 0) is 75.3 Å². The Bertz CT molecular complexity index is 1000. The Labute approximate surface area is 167 Å². The number of hydrogen-bond acceptors (Lipinski definition) is 3. The van der Waals surface area contributed by atoms with Gasteiger partial charge < -0.3 is 10.3 Å². The standard InChI is InChI=1S/C21H29N3O3S/c1-13-8-10-24(11-9-13)28(26,27)20-16(4)19(22-17(20)5)21(25)23-18-7-6-14(2)15(3)12-18/h6-7,12-13,22H,8-11H2,1-5H3,(H,23,25). The van der Waals surface area contributed by atoms with Crippen LogP contribution in [0.2, 0.25) is 0 Å². The minimum atomic E-state index is -3.62. The third-order valence-electron chi connectivity index (χ3n) is 5.70. The number of aromatic nitrogens is 1. The molecular weight excluding hydrogens is 374 g/mol. The van der Waals surface area contributed by atoms with Crippen LogP contribution in [-0.4, -0.2) is 36.7 Å². The number of anilines is 1. The molecule has 1 saturated heterocycles. The van der Waals surface area contributed by atoms with Crippen molar-refractivity contribution in [2.24, 2.45) is 5.92 Å². The van der Waals surface area contributed by atoms with Crippen molar-refractivity contribution < 1.29 is 13.2 Å². The zero-order valence-corrected chi connectivity index (χ0v) is 18.0. The summed E-state index contributed by atoms with van der Waals surface area (Å²) in [4.78, 5) is 16.0. The summed E-state index contributed by atoms with van der Waals surface area (Å²) in [5.41, 5.74) is 4.18. The summed E-state index contributed by atoms with van der Waals surface area (Å²) < 4.78 is 27.9. The van der Waals surface area contributed by atoms with Crippen LogP contribution in [0.4, 0.5) is 5.69 Å². The smallest absolute Gasteiger partial charge is 0.272 e. The van der Waals surface area contributed by atoms with Crippen LogP contribution < -0.4 is 5.32 Å². The van der Waals surface area contributed by atoms with Gasteiger partial charge in [-0.1, -0.05) is 13.0 Å². The number of nitrogens with zero attached hydrogens (tertiary/aromatic N) is 1. The maximum atomic E-state index is 13.2. The molecule has 2 aromatic rings. The molecule has 0 bridgehead atoms. The minimum Gasteiger partial charge on any atom is -0.353 e. The first-order chi connectivity index (χ1) is 13.1. The Balaban J connectivity index is 1.88. The number of rotatable bonds is 4. The highest BCUT2D eigenvalue weighted by molar-refractivity contribution is 7.89. The number of benzene rings is 1. The fourth-order valence-corrected chi connectivity index (χ4v) is 5.59. The summed E-state index contributed by atoms with van der Waals surface area (Å²) in [6, 6.07) is 5.70. The van der Waals surface area contributed by atoms with E-state index in [0.717, 1.165) is 24.0 Å². The molecule has 1 fully saturated rings. The second-order valence-corrected chi connectivity index (χ2v) is 9.79. The molecule has 0 atom stereocenters. The largest absolute Gasteiger partial charge is 0.353 e. The lowest BCUT2D eigenvalue weighted by Gasteiger charge is -2.29. The highest BCUT2D eigenvalue weighted by Gasteiger charge is 2.33. The van der Waals surface area contributed by atoms with E-state index in [4.69, 9.17) is 0 Å². The second kappa shape index (κ2) is 7.72. The fraction of sp³-hybridized carbons (Fsp3) is 0.476. The zero-order chi connectivity index (χ0) is 20.6. The maximum absolute atomic E-state index is 13.2. The molecule has 7 heteroatoms. The average molecular weight is 404 g/mol. The number of nitrogens with one attached hydrogen (secondary N) is 2. The van der Waals surface area contributed by atoms with Crippen LogP contribution in [-0.2, 0) is 10.0 Å². The molecule has 0 radical (unpaired) electrons. The molecule has 1 amide bonds. The van der Waals surface area contributed by atoms with Crippen molar-refractivity contribution in [2.75, 3.05) is 18.4 Å². The average Bonchev–Trinajstić information content (AvgIpc) is 2.93. The van der Waals surface area contributed by atoms with Gasteiger partial charge >= 0.3 is 0 Å². The van der Waals surface area contributed by atoms with Crippen LogP contribution in [0.5, 0.6) is 0 Å². The Morgan fingerprint density at radius 2 is 1.75 bits per heavy atom. The SMILES string of the molecule is Cc1ccc(NC(=O)c2[nH]c(C)c(S(=O)(=O)N3CCC(C)CC3)c2C)cc1C. The monoisotopic (exact) mass is 403 g/mol. The number of sulfonamides is 1. The first-order valence-corrected chi connectivity index (χ1v) is 11.1. The number of piperidine rings is 1. The number of aromatic amines is 1. The highest BCUT2D eigenvalue weighted by atomic mass is 32.2. The zero-order valence-electron chi connectivity index (χ0n) is 17.2. The van der Waals surface area contributed by atoms with E-state index in [0.29, 0.717) is 41.6 Å². The first-order valence-electron chi connectivity index (χ1n) is 9.69. The number of H-pyrrole nitrogens is 1. The van der Waals surface area contributed by atoms with E-state index >= 15 is 0 Å². The lowest BCUT2D eigenvalue weighted by Crippen LogP contribution is -2.38. The van der Waals surface area contributed by atoms with Gasteiger partial charge in [-0.3, -0.25) is 4.79 Å². The van der Waals surface area contributed by atoms with Gasteiger partial charge in [0.15, 0.2) is 0 Å². The minimum absolute atomic E-state index is 0.229. The molecule has 6 nitrogen and oxygen atoms in total. The quantitative estimate of drug-likeness (QED) is 0.812. The van der Waals surface area contributed by atoms with Crippen LogP contribution >= 0.6 is 0 Å². The molecule has 1 aliphatic rings. The molecular formula is C21H29N3O3S. The summed E-state index contributed by atoms with van der Waals surface area (Å²) in [6.45, 7) is 10.6. The molecule has 1 aromatic heterocycles. The van der Waals surface area contributed by atoms with Crippen LogP contribution in [0.3, 0.4) is 0 Å². The van der Waals surface area contributed by atoms with E-state index in [1.54, 1.807) is 18.2 Å². The lowest BCUT2D eigenvalue weighted by atomic mass is 10.0. The number of amides is 1. The Hall–Kier alpha value is -2.12. The van der Waals surface area contributed by atoms with E-state index in [2.05, 4.69) is 17.2 Å². The van der Waals surface area contributed by atoms with Crippen LogP contribution in [0.25, 0.3) is 0 Å². The molecule has 1 aliphatic heterocycles. The van der Waals surface area contributed by atoms with Gasteiger partial charge in [0, 0.05) is 24.5 Å². The molecule has 0 spiro atoms. The predicted molar refractivity (Wildman–Crippen MR) is 111 cm³/mol. The van der Waals surface area contributed by atoms with Crippen molar-refractivity contribution in [3.8, 4) is 0 Å². The fourth-order valence-electron chi connectivity index (χ4n) is 3.71. The number of carbonyl (C=O) groups is 1. The normalized spacial score (nSPS) is 16.3. The van der Waals surface area contributed by atoms with Gasteiger partial charge in [-0.15, -0.1) is 0 Å². The van der Waals surface area contributed by atoms with Crippen molar-refractivity contribution in [3.05, 3.63) is 46.3 Å². The van der Waals surface area contributed by atoms with Crippen LogP contribution in [0, 0.1) is 33.6 Å². The molecule has 2 heterocycles. The number of carbonyl (C=O) groups excluding carboxylic acids is 1. The van der Waals surface area contributed by atoms with E-state index in [-0.39, 0.29) is 10.8 Å². The Morgan fingerprint density at radius 1 is 1.11 bits per heavy atom. The van der Waals surface area contributed by atoms with Gasteiger partial charge in [-0.25, -0.2) is 8.42 Å². The Morgan fingerprint density at radius 3 is 2.36 bits per heavy atom. The van der Waals surface area contributed by atoms with Crippen LogP contribution in [0.1, 0.15) is 52.6 Å².